The number of amides is 1. The molecule has 1 amide bonds. The van der Waals surface area contributed by atoms with Crippen LogP contribution in [0.1, 0.15) is 35.9 Å². The number of rotatable bonds is 6. The zero-order valence-corrected chi connectivity index (χ0v) is 12.5. The highest BCUT2D eigenvalue weighted by Crippen LogP contribution is 2.28. The first-order valence-corrected chi connectivity index (χ1v) is 7.60. The number of aromatic nitrogens is 2. The molecule has 0 radical (unpaired) electrons. The van der Waals surface area contributed by atoms with E-state index in [-0.39, 0.29) is 17.4 Å². The standard InChI is InChI=1S/C16H19N3O3/c1-2-19-13-6-5-11(16(21)22)9-12(13)18-14(19)7-8-17-15(20)10-3-4-10/h5-6,9-10H,2-4,7-8H2,1H3,(H,17,20)(H,21,22). The van der Waals surface area contributed by atoms with E-state index >= 15 is 0 Å². The number of carbonyl (C=O) groups excluding carboxylic acids is 1. The van der Waals surface area contributed by atoms with Crippen molar-refractivity contribution in [2.24, 2.45) is 5.92 Å². The van der Waals surface area contributed by atoms with Gasteiger partial charge in [-0.3, -0.25) is 4.79 Å². The van der Waals surface area contributed by atoms with Crippen LogP contribution >= 0.6 is 0 Å². The molecule has 116 valence electrons. The maximum atomic E-state index is 11.6. The van der Waals surface area contributed by atoms with E-state index in [4.69, 9.17) is 5.11 Å². The van der Waals surface area contributed by atoms with Gasteiger partial charge in [-0.2, -0.15) is 0 Å². The van der Waals surface area contributed by atoms with Crippen LogP contribution in [0.4, 0.5) is 0 Å². The second-order valence-corrected chi connectivity index (χ2v) is 5.60. The predicted octanol–water partition coefficient (Wildman–Crippen LogP) is 1.82. The van der Waals surface area contributed by atoms with Crippen LogP contribution in [0.15, 0.2) is 18.2 Å². The van der Waals surface area contributed by atoms with Gasteiger partial charge in [-0.05, 0) is 38.0 Å². The number of nitrogens with one attached hydrogen (secondary N) is 1. The molecule has 1 aliphatic carbocycles. The average molecular weight is 301 g/mol. The summed E-state index contributed by atoms with van der Waals surface area (Å²) in [5.41, 5.74) is 1.85. The second-order valence-electron chi connectivity index (χ2n) is 5.60. The van der Waals surface area contributed by atoms with Crippen molar-refractivity contribution in [1.82, 2.24) is 14.9 Å². The fourth-order valence-corrected chi connectivity index (χ4v) is 2.64. The van der Waals surface area contributed by atoms with E-state index in [2.05, 4.69) is 14.9 Å². The summed E-state index contributed by atoms with van der Waals surface area (Å²) in [7, 11) is 0. The number of carboxylic acids is 1. The summed E-state index contributed by atoms with van der Waals surface area (Å²) in [4.78, 5) is 27.2. The van der Waals surface area contributed by atoms with Gasteiger partial charge in [0.2, 0.25) is 5.91 Å². The zero-order chi connectivity index (χ0) is 15.7. The molecule has 2 aromatic rings. The van der Waals surface area contributed by atoms with Crippen LogP contribution in [0.5, 0.6) is 0 Å². The van der Waals surface area contributed by atoms with Gasteiger partial charge in [-0.1, -0.05) is 0 Å². The van der Waals surface area contributed by atoms with Crippen LogP contribution in [0.25, 0.3) is 11.0 Å². The third-order valence-electron chi connectivity index (χ3n) is 3.99. The molecule has 0 bridgehead atoms. The Balaban J connectivity index is 1.78. The number of benzene rings is 1. The smallest absolute Gasteiger partial charge is 0.335 e. The largest absolute Gasteiger partial charge is 0.478 e. The van der Waals surface area contributed by atoms with Crippen LogP contribution in [0, 0.1) is 5.92 Å². The lowest BCUT2D eigenvalue weighted by Crippen LogP contribution is -2.27. The number of nitrogens with zero attached hydrogens (tertiary/aromatic N) is 2. The third-order valence-corrected chi connectivity index (χ3v) is 3.99. The van der Waals surface area contributed by atoms with Gasteiger partial charge in [0.05, 0.1) is 16.6 Å². The molecule has 0 unspecified atom stereocenters. The number of aromatic carboxylic acids is 1. The summed E-state index contributed by atoms with van der Waals surface area (Å²) in [5, 5.41) is 12.0. The first-order chi connectivity index (χ1) is 10.6. The van der Waals surface area contributed by atoms with Crippen molar-refractivity contribution in [2.75, 3.05) is 6.54 Å². The van der Waals surface area contributed by atoms with Gasteiger partial charge in [0.1, 0.15) is 5.82 Å². The fraction of sp³-hybridized carbons (Fsp3) is 0.438. The summed E-state index contributed by atoms with van der Waals surface area (Å²) in [5.74, 6) is 0.262. The number of fused-ring (bicyclic) bond motifs is 1. The Labute approximate surface area is 128 Å². The maximum Gasteiger partial charge on any atom is 0.335 e. The normalized spacial score (nSPS) is 14.2. The van der Waals surface area contributed by atoms with Gasteiger partial charge < -0.3 is 15.0 Å². The van der Waals surface area contributed by atoms with E-state index < -0.39 is 5.97 Å². The molecule has 1 fully saturated rings. The fourth-order valence-electron chi connectivity index (χ4n) is 2.64. The molecular formula is C16H19N3O3. The van der Waals surface area contributed by atoms with Crippen LogP contribution in [0.3, 0.4) is 0 Å². The van der Waals surface area contributed by atoms with Crippen LogP contribution in [-0.2, 0) is 17.8 Å². The van der Waals surface area contributed by atoms with E-state index in [1.807, 2.05) is 6.92 Å². The molecule has 1 aromatic heterocycles. The van der Waals surface area contributed by atoms with Crippen molar-refractivity contribution < 1.29 is 14.7 Å². The molecule has 0 saturated heterocycles. The van der Waals surface area contributed by atoms with Gasteiger partial charge in [0, 0.05) is 25.4 Å². The van der Waals surface area contributed by atoms with E-state index in [0.717, 1.165) is 30.7 Å². The molecule has 2 N–H and O–H groups in total. The number of carbonyl (C=O) groups is 2. The number of imidazole rings is 1. The molecule has 1 heterocycles. The van der Waals surface area contributed by atoms with Crippen molar-refractivity contribution in [1.29, 1.82) is 0 Å². The molecule has 0 aliphatic heterocycles. The first kappa shape index (κ1) is 14.6. The minimum absolute atomic E-state index is 0.132. The predicted molar refractivity (Wildman–Crippen MR) is 81.8 cm³/mol. The van der Waals surface area contributed by atoms with Crippen LogP contribution < -0.4 is 5.32 Å². The Kier molecular flexibility index (Phi) is 3.83. The maximum absolute atomic E-state index is 11.6. The van der Waals surface area contributed by atoms with Gasteiger partial charge >= 0.3 is 5.97 Å². The summed E-state index contributed by atoms with van der Waals surface area (Å²) < 4.78 is 2.06. The number of hydrogen-bond donors (Lipinski definition) is 2. The molecule has 6 nitrogen and oxygen atoms in total. The molecule has 1 aromatic carbocycles. The minimum Gasteiger partial charge on any atom is -0.478 e. The minimum atomic E-state index is -0.953. The van der Waals surface area contributed by atoms with Crippen LogP contribution in [0.2, 0.25) is 0 Å². The van der Waals surface area contributed by atoms with Crippen molar-refractivity contribution in [2.45, 2.75) is 32.7 Å². The van der Waals surface area contributed by atoms with Crippen molar-refractivity contribution in [3.05, 3.63) is 29.6 Å². The Morgan fingerprint density at radius 1 is 1.41 bits per heavy atom. The SMILES string of the molecule is CCn1c(CCNC(=O)C2CC2)nc2cc(C(=O)O)ccc21. The third kappa shape index (κ3) is 2.81. The van der Waals surface area contributed by atoms with Gasteiger partial charge in [0.15, 0.2) is 0 Å². The summed E-state index contributed by atoms with van der Waals surface area (Å²) in [6.45, 7) is 3.35. The molecular weight excluding hydrogens is 282 g/mol. The van der Waals surface area contributed by atoms with Crippen molar-refractivity contribution in [3.63, 3.8) is 0 Å². The Morgan fingerprint density at radius 2 is 2.18 bits per heavy atom. The summed E-state index contributed by atoms with van der Waals surface area (Å²) >= 11 is 0. The summed E-state index contributed by atoms with van der Waals surface area (Å²) in [6.07, 6.45) is 2.64. The van der Waals surface area contributed by atoms with E-state index in [9.17, 15) is 9.59 Å². The monoisotopic (exact) mass is 301 g/mol. The highest BCUT2D eigenvalue weighted by molar-refractivity contribution is 5.92. The molecule has 3 rings (SSSR count). The molecule has 0 spiro atoms. The lowest BCUT2D eigenvalue weighted by atomic mass is 10.2. The van der Waals surface area contributed by atoms with Crippen molar-refractivity contribution in [3.8, 4) is 0 Å². The second kappa shape index (κ2) is 5.79. The van der Waals surface area contributed by atoms with Gasteiger partial charge in [-0.25, -0.2) is 9.78 Å². The van der Waals surface area contributed by atoms with E-state index in [0.29, 0.717) is 18.5 Å². The van der Waals surface area contributed by atoms with Crippen molar-refractivity contribution >= 4 is 22.9 Å². The lowest BCUT2D eigenvalue weighted by Gasteiger charge is -2.07. The molecule has 1 saturated carbocycles. The zero-order valence-electron chi connectivity index (χ0n) is 12.5. The number of aryl methyl sites for hydroxylation is 1. The van der Waals surface area contributed by atoms with Gasteiger partial charge in [-0.15, -0.1) is 0 Å². The lowest BCUT2D eigenvalue weighted by molar-refractivity contribution is -0.122. The topological polar surface area (TPSA) is 84.2 Å². The Bertz CT molecular complexity index is 732. The first-order valence-electron chi connectivity index (χ1n) is 7.60. The Morgan fingerprint density at radius 3 is 2.82 bits per heavy atom. The molecule has 6 heteroatoms. The molecule has 22 heavy (non-hydrogen) atoms. The molecule has 1 aliphatic rings. The molecule has 0 atom stereocenters. The van der Waals surface area contributed by atoms with E-state index in [1.165, 1.54) is 0 Å². The quantitative estimate of drug-likeness (QED) is 0.852. The number of hydrogen-bond acceptors (Lipinski definition) is 3. The van der Waals surface area contributed by atoms with E-state index in [1.54, 1.807) is 18.2 Å². The highest BCUT2D eigenvalue weighted by Gasteiger charge is 2.29. The highest BCUT2D eigenvalue weighted by atomic mass is 16.4. The van der Waals surface area contributed by atoms with Gasteiger partial charge in [0.25, 0.3) is 0 Å². The number of carboxylic acid groups (broad SMARTS) is 1. The summed E-state index contributed by atoms with van der Waals surface area (Å²) in [6, 6.07) is 4.98. The Hall–Kier alpha value is -2.37. The van der Waals surface area contributed by atoms with Crippen LogP contribution in [-0.4, -0.2) is 33.1 Å². The average Bonchev–Trinajstić information content (AvgIpc) is 3.28.